The van der Waals surface area contributed by atoms with Crippen molar-refractivity contribution in [3.8, 4) is 22.5 Å². The van der Waals surface area contributed by atoms with Crippen molar-refractivity contribution in [2.75, 3.05) is 0 Å². The molecule has 0 saturated carbocycles. The molecule has 0 atom stereocenters. The third-order valence-electron chi connectivity index (χ3n) is 3.07. The molecule has 90 valence electrons. The van der Waals surface area contributed by atoms with Gasteiger partial charge in [0.2, 0.25) is 5.91 Å². The summed E-state index contributed by atoms with van der Waals surface area (Å²) in [5.41, 5.74) is 10.8. The van der Waals surface area contributed by atoms with Gasteiger partial charge in [0, 0.05) is 22.9 Å². The Morgan fingerprint density at radius 3 is 2.78 bits per heavy atom. The molecule has 4 N–H and O–H groups in total. The van der Waals surface area contributed by atoms with E-state index >= 15 is 0 Å². The Morgan fingerprint density at radius 1 is 1.22 bits per heavy atom. The van der Waals surface area contributed by atoms with Crippen LogP contribution in [0.15, 0.2) is 30.6 Å². The van der Waals surface area contributed by atoms with Gasteiger partial charge in [0.1, 0.15) is 0 Å². The second-order valence-electron chi connectivity index (χ2n) is 4.25. The number of aryl methyl sites for hydroxylation is 1. The van der Waals surface area contributed by atoms with E-state index in [-0.39, 0.29) is 0 Å². The average molecular weight is 240 g/mol. The van der Waals surface area contributed by atoms with Crippen molar-refractivity contribution in [3.63, 3.8) is 0 Å². The molecule has 1 amide bonds. The number of nitrogens with one attached hydrogen (secondary N) is 2. The second kappa shape index (κ2) is 3.73. The summed E-state index contributed by atoms with van der Waals surface area (Å²) in [6.45, 7) is 1.95. The van der Waals surface area contributed by atoms with Crippen LogP contribution >= 0.6 is 0 Å². The number of amides is 1. The van der Waals surface area contributed by atoms with E-state index in [1.807, 2.05) is 13.0 Å². The summed E-state index contributed by atoms with van der Waals surface area (Å²) < 4.78 is 0. The number of rotatable bonds is 2. The second-order valence-corrected chi connectivity index (χ2v) is 4.25. The number of hydrogen-bond acceptors (Lipinski definition) is 2. The Hall–Kier alpha value is -2.56. The minimum absolute atomic E-state index is 0.414. The van der Waals surface area contributed by atoms with Gasteiger partial charge in [-0.3, -0.25) is 20.0 Å². The van der Waals surface area contributed by atoms with E-state index in [1.54, 1.807) is 24.5 Å². The van der Waals surface area contributed by atoms with E-state index in [0.29, 0.717) is 5.56 Å². The first-order chi connectivity index (χ1) is 8.66. The van der Waals surface area contributed by atoms with Crippen molar-refractivity contribution in [2.24, 2.45) is 5.73 Å². The summed E-state index contributed by atoms with van der Waals surface area (Å²) in [6.07, 6.45) is 3.57. The Kier molecular flexibility index (Phi) is 2.19. The fraction of sp³-hybridized carbons (Fsp3) is 0.0769. The molecule has 2 heterocycles. The maximum atomic E-state index is 11.1. The lowest BCUT2D eigenvalue weighted by molar-refractivity contribution is 0.1000. The fourth-order valence-corrected chi connectivity index (χ4v) is 2.13. The molecule has 2 aliphatic rings. The Balaban J connectivity index is 2.13. The molecular weight excluding hydrogens is 228 g/mol. The number of hydrogen-bond donors (Lipinski definition) is 3. The molecule has 0 bridgehead atoms. The summed E-state index contributed by atoms with van der Waals surface area (Å²) in [5.74, 6) is -0.414. The highest BCUT2D eigenvalue weighted by Crippen LogP contribution is 2.32. The van der Waals surface area contributed by atoms with Gasteiger partial charge in [0.05, 0.1) is 17.6 Å². The molecule has 3 rings (SSSR count). The molecule has 0 fully saturated rings. The predicted octanol–water partition coefficient (Wildman–Crippen LogP) is 1.92. The van der Waals surface area contributed by atoms with E-state index in [9.17, 15) is 4.79 Å². The largest absolute Gasteiger partial charge is 0.366 e. The number of primary amides is 1. The van der Waals surface area contributed by atoms with Gasteiger partial charge in [-0.15, -0.1) is 0 Å². The first kappa shape index (κ1) is 10.6. The minimum atomic E-state index is -0.414. The van der Waals surface area contributed by atoms with Gasteiger partial charge >= 0.3 is 0 Å². The van der Waals surface area contributed by atoms with E-state index < -0.39 is 5.91 Å². The van der Waals surface area contributed by atoms with Crippen LogP contribution in [-0.2, 0) is 0 Å². The number of benzene rings is 1. The molecule has 0 unspecified atom stereocenters. The Labute approximate surface area is 103 Å². The van der Waals surface area contributed by atoms with Crippen LogP contribution in [0.1, 0.15) is 15.9 Å². The van der Waals surface area contributed by atoms with Crippen molar-refractivity contribution in [1.82, 2.24) is 15.2 Å². The number of carbonyl (C=O) groups is 1. The number of aromatic amines is 2. The average Bonchev–Trinajstić information content (AvgIpc) is 2.91. The summed E-state index contributed by atoms with van der Waals surface area (Å²) in [4.78, 5) is 15.2. The van der Waals surface area contributed by atoms with Crippen molar-refractivity contribution >= 4 is 5.91 Å². The highest BCUT2D eigenvalue weighted by molar-refractivity contribution is 5.94. The van der Waals surface area contributed by atoms with Gasteiger partial charge in [-0.1, -0.05) is 6.07 Å². The molecule has 2 aliphatic heterocycles. The van der Waals surface area contributed by atoms with Gasteiger partial charge in [0.15, 0.2) is 0 Å². The number of nitrogens with two attached hydrogens (primary N) is 1. The summed E-state index contributed by atoms with van der Waals surface area (Å²) in [6, 6.07) is 5.41. The van der Waals surface area contributed by atoms with Crippen molar-refractivity contribution < 1.29 is 4.79 Å². The van der Waals surface area contributed by atoms with Gasteiger partial charge in [-0.2, -0.15) is 0 Å². The van der Waals surface area contributed by atoms with Gasteiger partial charge in [-0.25, -0.2) is 0 Å². The van der Waals surface area contributed by atoms with E-state index in [2.05, 4.69) is 15.2 Å². The molecular formula is C13H12N4O. The van der Waals surface area contributed by atoms with Crippen molar-refractivity contribution in [2.45, 2.75) is 6.92 Å². The number of carbonyl (C=O) groups excluding carboxylic acids is 1. The van der Waals surface area contributed by atoms with Crippen LogP contribution in [0.4, 0.5) is 0 Å². The molecule has 18 heavy (non-hydrogen) atoms. The first-order valence-corrected chi connectivity index (χ1v) is 5.57. The number of nitrogens with zero attached hydrogens (tertiary/aromatic N) is 1. The number of H-pyrrole nitrogens is 2. The monoisotopic (exact) mass is 240 g/mol. The third-order valence-corrected chi connectivity index (χ3v) is 3.07. The van der Waals surface area contributed by atoms with Crippen molar-refractivity contribution in [3.05, 3.63) is 41.7 Å². The molecule has 0 radical (unpaired) electrons. The van der Waals surface area contributed by atoms with Crippen LogP contribution in [0.3, 0.4) is 0 Å². The molecule has 1 aromatic rings. The lowest BCUT2D eigenvalue weighted by Crippen LogP contribution is -2.10. The summed E-state index contributed by atoms with van der Waals surface area (Å²) in [7, 11) is 0. The quantitative estimate of drug-likeness (QED) is 0.639. The van der Waals surface area contributed by atoms with Gasteiger partial charge in [-0.05, 0) is 24.6 Å². The van der Waals surface area contributed by atoms with Crippen molar-refractivity contribution in [1.29, 1.82) is 0 Å². The topological polar surface area (TPSA) is 87.6 Å². The molecule has 0 aromatic heterocycles. The highest BCUT2D eigenvalue weighted by Gasteiger charge is 2.15. The first-order valence-electron chi connectivity index (χ1n) is 5.57. The summed E-state index contributed by atoms with van der Waals surface area (Å²) in [5, 5.41) is 6.17. The van der Waals surface area contributed by atoms with Crippen LogP contribution in [-0.4, -0.2) is 21.1 Å². The van der Waals surface area contributed by atoms with Gasteiger partial charge in [0.25, 0.3) is 0 Å². The van der Waals surface area contributed by atoms with E-state index in [1.165, 1.54) is 0 Å². The smallest absolute Gasteiger partial charge is 0.248 e. The third kappa shape index (κ3) is 1.48. The van der Waals surface area contributed by atoms with Gasteiger partial charge < -0.3 is 5.73 Å². The minimum Gasteiger partial charge on any atom is -0.366 e. The zero-order valence-corrected chi connectivity index (χ0v) is 9.82. The molecule has 0 spiro atoms. The lowest BCUT2D eigenvalue weighted by Gasteiger charge is -2.06. The van der Waals surface area contributed by atoms with Crippen LogP contribution < -0.4 is 5.73 Å². The van der Waals surface area contributed by atoms with Crippen LogP contribution in [0.5, 0.6) is 0 Å². The maximum Gasteiger partial charge on any atom is 0.248 e. The Morgan fingerprint density at radius 2 is 2.06 bits per heavy atom. The number of aromatic nitrogens is 3. The highest BCUT2D eigenvalue weighted by atomic mass is 16.1. The summed E-state index contributed by atoms with van der Waals surface area (Å²) >= 11 is 0. The normalized spacial score (nSPS) is 10.9. The van der Waals surface area contributed by atoms with Crippen LogP contribution in [0, 0.1) is 6.92 Å². The lowest BCUT2D eigenvalue weighted by atomic mass is 10.00. The zero-order valence-electron chi connectivity index (χ0n) is 9.82. The van der Waals surface area contributed by atoms with E-state index in [4.69, 9.17) is 5.73 Å². The fourth-order valence-electron chi connectivity index (χ4n) is 2.13. The number of fused-ring (bicyclic) bond motifs is 1. The standard InChI is InChI=1S/C13H12N4O/c1-7-4-8(13(14)18)2-3-9(7)12-10-5-15-6-11(10)16-17-12/h2-6,16-17H,1H3,(H2,14,18). The van der Waals surface area contributed by atoms with E-state index in [0.717, 1.165) is 28.1 Å². The predicted molar refractivity (Wildman–Crippen MR) is 68.3 cm³/mol. The molecule has 5 heteroatoms. The van der Waals surface area contributed by atoms with Crippen LogP contribution in [0.25, 0.3) is 22.5 Å². The maximum absolute atomic E-state index is 11.1. The molecule has 0 saturated heterocycles. The molecule has 5 nitrogen and oxygen atoms in total. The molecule has 1 aromatic carbocycles. The zero-order chi connectivity index (χ0) is 12.7. The van der Waals surface area contributed by atoms with Crippen LogP contribution in [0.2, 0.25) is 0 Å². The SMILES string of the molecule is Cc1cc(C(N)=O)ccc1-c1[nH][nH]c2cncc1-2. The Bertz CT molecular complexity index is 695. The molecule has 0 aliphatic carbocycles.